The molecule has 2 fully saturated rings. The van der Waals surface area contributed by atoms with Crippen LogP contribution in [-0.2, 0) is 0 Å². The van der Waals surface area contributed by atoms with Crippen molar-refractivity contribution in [1.82, 2.24) is 10.2 Å². The van der Waals surface area contributed by atoms with Gasteiger partial charge >= 0.3 is 5.70 Å². The number of para-hydroxylation sites is 1. The first-order valence-corrected chi connectivity index (χ1v) is 8.60. The maximum absolute atomic E-state index is 12.9. The van der Waals surface area contributed by atoms with Crippen LogP contribution in [-0.4, -0.2) is 33.9 Å². The van der Waals surface area contributed by atoms with E-state index in [1.807, 2.05) is 11.0 Å². The molecule has 5 rings (SSSR count). The highest BCUT2D eigenvalue weighted by Gasteiger charge is 2.51. The molecule has 1 N–H and O–H groups in total. The predicted octanol–water partition coefficient (Wildman–Crippen LogP) is 2.19. The SMILES string of the molecule is O=C1C2=CC([N+](=O)[O-])=C3NC4CCCCC4N3C2Oc2ccccc21. The summed E-state index contributed by atoms with van der Waals surface area (Å²) < 4.78 is 6.14. The lowest BCUT2D eigenvalue weighted by Gasteiger charge is -2.40. The smallest absolute Gasteiger partial charge is 0.309 e. The molecule has 0 bridgehead atoms. The van der Waals surface area contributed by atoms with Crippen LogP contribution in [0.25, 0.3) is 0 Å². The van der Waals surface area contributed by atoms with E-state index < -0.39 is 11.2 Å². The Morgan fingerprint density at radius 3 is 2.88 bits per heavy atom. The second-order valence-electron chi connectivity index (χ2n) is 6.90. The van der Waals surface area contributed by atoms with Crippen molar-refractivity contribution in [2.45, 2.75) is 44.0 Å². The molecular weight excluding hydrogens is 322 g/mol. The predicted molar refractivity (Wildman–Crippen MR) is 88.3 cm³/mol. The van der Waals surface area contributed by atoms with Gasteiger partial charge in [0.05, 0.1) is 22.1 Å². The van der Waals surface area contributed by atoms with Crippen LogP contribution in [0.5, 0.6) is 5.75 Å². The molecule has 25 heavy (non-hydrogen) atoms. The van der Waals surface area contributed by atoms with Crippen molar-refractivity contribution in [1.29, 1.82) is 0 Å². The first-order valence-electron chi connectivity index (χ1n) is 8.60. The van der Waals surface area contributed by atoms with E-state index in [4.69, 9.17) is 4.74 Å². The van der Waals surface area contributed by atoms with Crippen molar-refractivity contribution in [2.75, 3.05) is 0 Å². The second-order valence-corrected chi connectivity index (χ2v) is 6.90. The van der Waals surface area contributed by atoms with Gasteiger partial charge < -0.3 is 15.0 Å². The van der Waals surface area contributed by atoms with Crippen LogP contribution in [0.15, 0.2) is 47.4 Å². The van der Waals surface area contributed by atoms with Gasteiger partial charge in [0, 0.05) is 12.1 Å². The van der Waals surface area contributed by atoms with Gasteiger partial charge in [0.2, 0.25) is 6.23 Å². The average molecular weight is 339 g/mol. The standard InChI is InChI=1S/C18H17N3O4/c22-16-10-5-1-4-8-15(10)25-18-11(16)9-14(21(23)24)17-19-12-6-2-3-7-13(12)20(17)18/h1,4-5,8-9,12-13,18-19H,2-3,6-7H2. The fraction of sp³-hybridized carbons (Fsp3) is 0.389. The fourth-order valence-electron chi connectivity index (χ4n) is 4.43. The quantitative estimate of drug-likeness (QED) is 0.624. The van der Waals surface area contributed by atoms with E-state index in [-0.39, 0.29) is 23.6 Å². The van der Waals surface area contributed by atoms with Crippen molar-refractivity contribution < 1.29 is 14.5 Å². The Bertz CT molecular complexity index is 860. The van der Waals surface area contributed by atoms with Crippen LogP contribution in [0.2, 0.25) is 0 Å². The van der Waals surface area contributed by atoms with Crippen molar-refractivity contribution in [3.05, 3.63) is 63.1 Å². The number of benzene rings is 1. The third-order valence-electron chi connectivity index (χ3n) is 5.55. The van der Waals surface area contributed by atoms with Gasteiger partial charge in [-0.3, -0.25) is 14.9 Å². The first kappa shape index (κ1) is 14.5. The topological polar surface area (TPSA) is 84.7 Å². The van der Waals surface area contributed by atoms with Crippen LogP contribution in [0.4, 0.5) is 0 Å². The lowest BCUT2D eigenvalue weighted by atomic mass is 9.89. The Hall–Kier alpha value is -2.83. The molecule has 3 aliphatic heterocycles. The summed E-state index contributed by atoms with van der Waals surface area (Å²) in [7, 11) is 0. The zero-order valence-corrected chi connectivity index (χ0v) is 13.5. The van der Waals surface area contributed by atoms with E-state index in [9.17, 15) is 14.9 Å². The summed E-state index contributed by atoms with van der Waals surface area (Å²) in [6.07, 6.45) is 4.89. The van der Waals surface area contributed by atoms with Gasteiger partial charge in [-0.2, -0.15) is 0 Å². The third-order valence-corrected chi connectivity index (χ3v) is 5.55. The zero-order valence-electron chi connectivity index (χ0n) is 13.5. The molecule has 1 aliphatic carbocycles. The lowest BCUT2D eigenvalue weighted by Crippen LogP contribution is -2.51. The van der Waals surface area contributed by atoms with E-state index in [2.05, 4.69) is 5.32 Å². The summed E-state index contributed by atoms with van der Waals surface area (Å²) in [6, 6.07) is 7.36. The molecule has 1 aromatic carbocycles. The zero-order chi connectivity index (χ0) is 17.1. The van der Waals surface area contributed by atoms with Crippen molar-refractivity contribution >= 4 is 5.78 Å². The molecule has 1 saturated heterocycles. The highest BCUT2D eigenvalue weighted by Crippen LogP contribution is 2.43. The van der Waals surface area contributed by atoms with E-state index in [0.29, 0.717) is 22.7 Å². The number of Topliss-reactive ketones (excluding diaryl/α,β-unsaturated/α-hetero) is 1. The molecule has 0 amide bonds. The number of fused-ring (bicyclic) bond motifs is 6. The molecule has 4 aliphatic rings. The number of carbonyl (C=O) groups excluding carboxylic acids is 1. The van der Waals surface area contributed by atoms with Gasteiger partial charge in [-0.05, 0) is 25.0 Å². The molecule has 1 saturated carbocycles. The number of hydrogen-bond acceptors (Lipinski definition) is 6. The van der Waals surface area contributed by atoms with Crippen LogP contribution in [0, 0.1) is 10.1 Å². The van der Waals surface area contributed by atoms with E-state index >= 15 is 0 Å². The van der Waals surface area contributed by atoms with Gasteiger partial charge in [-0.25, -0.2) is 0 Å². The molecular formula is C18H17N3O4. The molecule has 7 heteroatoms. The van der Waals surface area contributed by atoms with Gasteiger partial charge in [0.1, 0.15) is 5.75 Å². The molecule has 128 valence electrons. The Morgan fingerprint density at radius 2 is 2.04 bits per heavy atom. The monoisotopic (exact) mass is 339 g/mol. The van der Waals surface area contributed by atoms with E-state index in [0.717, 1.165) is 25.7 Å². The maximum Gasteiger partial charge on any atom is 0.309 e. The van der Waals surface area contributed by atoms with Crippen LogP contribution < -0.4 is 10.1 Å². The van der Waals surface area contributed by atoms with Gasteiger partial charge in [-0.1, -0.05) is 25.0 Å². The number of rotatable bonds is 1. The second kappa shape index (κ2) is 5.08. The highest BCUT2D eigenvalue weighted by atomic mass is 16.6. The molecule has 3 atom stereocenters. The van der Waals surface area contributed by atoms with E-state index in [1.54, 1.807) is 18.2 Å². The van der Waals surface area contributed by atoms with Crippen LogP contribution in [0.1, 0.15) is 36.0 Å². The normalized spacial score (nSPS) is 29.6. The van der Waals surface area contributed by atoms with Gasteiger partial charge in [0.15, 0.2) is 11.6 Å². The van der Waals surface area contributed by atoms with Crippen molar-refractivity contribution in [3.8, 4) is 5.75 Å². The summed E-state index contributed by atoms with van der Waals surface area (Å²) in [6.45, 7) is 0. The number of allylic oxidation sites excluding steroid dienone is 1. The molecule has 3 unspecified atom stereocenters. The summed E-state index contributed by atoms with van der Waals surface area (Å²) in [5, 5.41) is 14.9. The fourth-order valence-corrected chi connectivity index (χ4v) is 4.43. The maximum atomic E-state index is 12.9. The van der Waals surface area contributed by atoms with Crippen molar-refractivity contribution in [2.24, 2.45) is 0 Å². The number of hydrogen-bond donors (Lipinski definition) is 1. The number of nitrogens with zero attached hydrogens (tertiary/aromatic N) is 2. The molecule has 3 heterocycles. The highest BCUT2D eigenvalue weighted by molar-refractivity contribution is 6.12. The van der Waals surface area contributed by atoms with Crippen LogP contribution >= 0.6 is 0 Å². The van der Waals surface area contributed by atoms with Crippen LogP contribution in [0.3, 0.4) is 0 Å². The number of ether oxygens (including phenoxy) is 1. The molecule has 1 aromatic rings. The van der Waals surface area contributed by atoms with E-state index in [1.165, 1.54) is 6.08 Å². The number of ketones is 1. The van der Waals surface area contributed by atoms with Gasteiger partial charge in [0.25, 0.3) is 0 Å². The summed E-state index contributed by atoms with van der Waals surface area (Å²) in [5.74, 6) is 0.838. The van der Waals surface area contributed by atoms with Gasteiger partial charge in [-0.15, -0.1) is 0 Å². The average Bonchev–Trinajstić information content (AvgIpc) is 3.01. The Morgan fingerprint density at radius 1 is 1.24 bits per heavy atom. The Balaban J connectivity index is 1.67. The summed E-state index contributed by atoms with van der Waals surface area (Å²) >= 11 is 0. The minimum absolute atomic E-state index is 0.0445. The Labute approximate surface area is 144 Å². The molecule has 0 aromatic heterocycles. The van der Waals surface area contributed by atoms with Crippen molar-refractivity contribution in [3.63, 3.8) is 0 Å². The largest absolute Gasteiger partial charge is 0.465 e. The molecule has 0 radical (unpaired) electrons. The Kier molecular flexibility index (Phi) is 2.95. The first-order chi connectivity index (χ1) is 12.1. The summed E-state index contributed by atoms with van der Waals surface area (Å²) in [4.78, 5) is 26.1. The minimum Gasteiger partial charge on any atom is -0.465 e. The third kappa shape index (κ3) is 1.95. The number of nitro groups is 1. The minimum atomic E-state index is -0.596. The lowest BCUT2D eigenvalue weighted by molar-refractivity contribution is -0.422. The summed E-state index contributed by atoms with van der Waals surface area (Å²) in [5.41, 5.74) is 0.766. The number of carbonyl (C=O) groups is 1. The number of nitrogens with one attached hydrogen (secondary N) is 1. The molecule has 7 nitrogen and oxygen atoms in total. The molecule has 0 spiro atoms.